The van der Waals surface area contributed by atoms with Gasteiger partial charge in [-0.2, -0.15) is 0 Å². The Hall–Kier alpha value is -2.13. The summed E-state index contributed by atoms with van der Waals surface area (Å²) >= 11 is 0. The molecular weight excluding hydrogens is 260 g/mol. The highest BCUT2D eigenvalue weighted by Gasteiger charge is 2.24. The van der Waals surface area contributed by atoms with Crippen molar-refractivity contribution in [2.75, 3.05) is 5.32 Å². The van der Waals surface area contributed by atoms with Crippen LogP contribution in [0.15, 0.2) is 48.5 Å². The van der Waals surface area contributed by atoms with Crippen molar-refractivity contribution >= 4 is 11.6 Å². The van der Waals surface area contributed by atoms with Crippen molar-refractivity contribution in [1.29, 1.82) is 0 Å². The summed E-state index contributed by atoms with van der Waals surface area (Å²) in [5, 5.41) is 6.38. The van der Waals surface area contributed by atoms with Crippen LogP contribution in [0.4, 0.5) is 5.69 Å². The third kappa shape index (κ3) is 2.98. The molecule has 1 atom stereocenters. The SMILES string of the molecule is CCc1ccccc1NC(=O)C1Cc2ccccc2CN1. The van der Waals surface area contributed by atoms with E-state index in [-0.39, 0.29) is 11.9 Å². The highest BCUT2D eigenvalue weighted by molar-refractivity contribution is 5.95. The van der Waals surface area contributed by atoms with Gasteiger partial charge in [-0.05, 0) is 35.6 Å². The Labute approximate surface area is 125 Å². The van der Waals surface area contributed by atoms with Gasteiger partial charge in [-0.25, -0.2) is 0 Å². The van der Waals surface area contributed by atoms with Crippen molar-refractivity contribution in [1.82, 2.24) is 5.32 Å². The number of nitrogens with one attached hydrogen (secondary N) is 2. The van der Waals surface area contributed by atoms with Crippen LogP contribution < -0.4 is 10.6 Å². The van der Waals surface area contributed by atoms with Gasteiger partial charge in [0, 0.05) is 12.2 Å². The molecule has 0 bridgehead atoms. The summed E-state index contributed by atoms with van der Waals surface area (Å²) in [6, 6.07) is 16.1. The van der Waals surface area contributed by atoms with Gasteiger partial charge < -0.3 is 10.6 Å². The van der Waals surface area contributed by atoms with Gasteiger partial charge >= 0.3 is 0 Å². The lowest BCUT2D eigenvalue weighted by Crippen LogP contribution is -2.44. The quantitative estimate of drug-likeness (QED) is 0.907. The molecule has 1 aliphatic rings. The summed E-state index contributed by atoms with van der Waals surface area (Å²) in [6.07, 6.45) is 1.66. The van der Waals surface area contributed by atoms with Crippen LogP contribution in [0.3, 0.4) is 0 Å². The second-order valence-corrected chi connectivity index (χ2v) is 5.41. The van der Waals surface area contributed by atoms with Gasteiger partial charge in [-0.3, -0.25) is 4.79 Å². The Balaban J connectivity index is 1.72. The zero-order chi connectivity index (χ0) is 14.7. The number of hydrogen-bond acceptors (Lipinski definition) is 2. The lowest BCUT2D eigenvalue weighted by molar-refractivity contribution is -0.118. The number of carbonyl (C=O) groups is 1. The Morgan fingerprint density at radius 3 is 2.67 bits per heavy atom. The normalized spacial score (nSPS) is 17.1. The molecule has 0 fully saturated rings. The van der Waals surface area contributed by atoms with Crippen molar-refractivity contribution in [3.63, 3.8) is 0 Å². The van der Waals surface area contributed by atoms with Crippen LogP contribution in [-0.2, 0) is 24.2 Å². The lowest BCUT2D eigenvalue weighted by atomic mass is 9.95. The number of rotatable bonds is 3. The third-order valence-corrected chi connectivity index (χ3v) is 4.05. The standard InChI is InChI=1S/C18H20N2O/c1-2-13-7-5-6-10-16(13)20-18(21)17-11-14-8-3-4-9-15(14)12-19-17/h3-10,17,19H,2,11-12H2,1H3,(H,20,21). The number of carbonyl (C=O) groups excluding carboxylic acids is 1. The van der Waals surface area contributed by atoms with E-state index in [2.05, 4.69) is 35.8 Å². The van der Waals surface area contributed by atoms with Crippen molar-refractivity contribution in [2.45, 2.75) is 32.4 Å². The van der Waals surface area contributed by atoms with E-state index in [1.54, 1.807) is 0 Å². The van der Waals surface area contributed by atoms with Crippen molar-refractivity contribution in [2.24, 2.45) is 0 Å². The molecule has 0 aromatic heterocycles. The predicted molar refractivity (Wildman–Crippen MR) is 85.2 cm³/mol. The van der Waals surface area contributed by atoms with E-state index in [1.807, 2.05) is 30.3 Å². The summed E-state index contributed by atoms with van der Waals surface area (Å²) in [4.78, 5) is 12.5. The van der Waals surface area contributed by atoms with Gasteiger partial charge in [-0.15, -0.1) is 0 Å². The van der Waals surface area contributed by atoms with Crippen LogP contribution in [0, 0.1) is 0 Å². The molecule has 1 heterocycles. The van der Waals surface area contributed by atoms with Gasteiger partial charge in [0.1, 0.15) is 0 Å². The van der Waals surface area contributed by atoms with Crippen molar-refractivity contribution in [3.8, 4) is 0 Å². The average Bonchev–Trinajstić information content (AvgIpc) is 2.55. The van der Waals surface area contributed by atoms with E-state index >= 15 is 0 Å². The Morgan fingerprint density at radius 1 is 1.14 bits per heavy atom. The van der Waals surface area contributed by atoms with E-state index in [0.717, 1.165) is 25.1 Å². The zero-order valence-electron chi connectivity index (χ0n) is 12.2. The van der Waals surface area contributed by atoms with E-state index in [0.29, 0.717) is 0 Å². The summed E-state index contributed by atoms with van der Waals surface area (Å²) < 4.78 is 0. The highest BCUT2D eigenvalue weighted by atomic mass is 16.2. The third-order valence-electron chi connectivity index (χ3n) is 4.05. The minimum atomic E-state index is -0.162. The molecule has 0 saturated carbocycles. The van der Waals surface area contributed by atoms with Gasteiger partial charge in [0.15, 0.2) is 0 Å². The molecule has 0 radical (unpaired) electrons. The molecule has 1 unspecified atom stereocenters. The average molecular weight is 280 g/mol. The maximum Gasteiger partial charge on any atom is 0.241 e. The highest BCUT2D eigenvalue weighted by Crippen LogP contribution is 2.19. The van der Waals surface area contributed by atoms with Crippen molar-refractivity contribution in [3.05, 3.63) is 65.2 Å². The largest absolute Gasteiger partial charge is 0.324 e. The molecule has 1 aliphatic heterocycles. The summed E-state index contributed by atoms with van der Waals surface area (Å²) in [5.74, 6) is 0.0467. The van der Waals surface area contributed by atoms with Gasteiger partial charge in [0.2, 0.25) is 5.91 Å². The first-order valence-corrected chi connectivity index (χ1v) is 7.47. The molecule has 21 heavy (non-hydrogen) atoms. The molecule has 0 spiro atoms. The monoisotopic (exact) mass is 280 g/mol. The molecule has 0 saturated heterocycles. The second-order valence-electron chi connectivity index (χ2n) is 5.41. The molecule has 3 rings (SSSR count). The molecule has 108 valence electrons. The Kier molecular flexibility index (Phi) is 4.02. The number of benzene rings is 2. The minimum absolute atomic E-state index is 0.0467. The number of para-hydroxylation sites is 1. The summed E-state index contributed by atoms with van der Waals surface area (Å²) in [6.45, 7) is 2.85. The minimum Gasteiger partial charge on any atom is -0.324 e. The number of anilines is 1. The van der Waals surface area contributed by atoms with Gasteiger partial charge in [-0.1, -0.05) is 49.4 Å². The predicted octanol–water partition coefficient (Wildman–Crippen LogP) is 2.90. The smallest absolute Gasteiger partial charge is 0.241 e. The maximum atomic E-state index is 12.5. The number of aryl methyl sites for hydroxylation is 1. The van der Waals surface area contributed by atoms with Crippen LogP contribution in [0.25, 0.3) is 0 Å². The van der Waals surface area contributed by atoms with Gasteiger partial charge in [0.25, 0.3) is 0 Å². The Morgan fingerprint density at radius 2 is 1.86 bits per heavy atom. The number of hydrogen-bond donors (Lipinski definition) is 2. The van der Waals surface area contributed by atoms with E-state index < -0.39 is 0 Å². The number of amides is 1. The number of fused-ring (bicyclic) bond motifs is 1. The first-order chi connectivity index (χ1) is 10.3. The van der Waals surface area contributed by atoms with Crippen LogP contribution in [0.1, 0.15) is 23.6 Å². The first-order valence-electron chi connectivity index (χ1n) is 7.47. The van der Waals surface area contributed by atoms with E-state index in [4.69, 9.17) is 0 Å². The lowest BCUT2D eigenvalue weighted by Gasteiger charge is -2.25. The molecule has 2 N–H and O–H groups in total. The summed E-state index contributed by atoms with van der Waals surface area (Å²) in [5.41, 5.74) is 4.64. The molecule has 1 amide bonds. The second kappa shape index (κ2) is 6.10. The Bertz CT molecular complexity index is 651. The fraction of sp³-hybridized carbons (Fsp3) is 0.278. The van der Waals surface area contributed by atoms with Crippen LogP contribution in [-0.4, -0.2) is 11.9 Å². The summed E-state index contributed by atoms with van der Waals surface area (Å²) in [7, 11) is 0. The molecule has 2 aromatic rings. The topological polar surface area (TPSA) is 41.1 Å². The van der Waals surface area contributed by atoms with Crippen LogP contribution in [0.5, 0.6) is 0 Å². The van der Waals surface area contributed by atoms with Crippen LogP contribution in [0.2, 0.25) is 0 Å². The zero-order valence-corrected chi connectivity index (χ0v) is 12.2. The fourth-order valence-electron chi connectivity index (χ4n) is 2.81. The fourth-order valence-corrected chi connectivity index (χ4v) is 2.81. The molecule has 3 nitrogen and oxygen atoms in total. The van der Waals surface area contributed by atoms with Crippen LogP contribution >= 0.6 is 0 Å². The molecule has 2 aromatic carbocycles. The molecular formula is C18H20N2O. The van der Waals surface area contributed by atoms with E-state index in [9.17, 15) is 4.79 Å². The first kappa shape index (κ1) is 13.8. The molecule has 3 heteroatoms. The van der Waals surface area contributed by atoms with Crippen molar-refractivity contribution < 1.29 is 4.79 Å². The van der Waals surface area contributed by atoms with Gasteiger partial charge in [0.05, 0.1) is 6.04 Å². The molecule has 0 aliphatic carbocycles. The van der Waals surface area contributed by atoms with E-state index in [1.165, 1.54) is 16.7 Å². The maximum absolute atomic E-state index is 12.5.